The molecule has 3 aromatic rings. The van der Waals surface area contributed by atoms with E-state index in [9.17, 15) is 9.59 Å². The van der Waals surface area contributed by atoms with Crippen LogP contribution in [0.1, 0.15) is 60.7 Å². The Hall–Kier alpha value is -3.77. The first kappa shape index (κ1) is 25.3. The molecule has 4 rings (SSSR count). The summed E-state index contributed by atoms with van der Waals surface area (Å²) in [5.41, 5.74) is 5.37. The third-order valence-electron chi connectivity index (χ3n) is 6.45. The van der Waals surface area contributed by atoms with Crippen molar-refractivity contribution in [1.82, 2.24) is 4.90 Å². The lowest BCUT2D eigenvalue weighted by molar-refractivity contribution is -0.115. The molecule has 0 bridgehead atoms. The molecule has 6 heteroatoms. The first-order valence-electron chi connectivity index (χ1n) is 12.5. The van der Waals surface area contributed by atoms with Crippen LogP contribution in [0, 0.1) is 0 Å². The maximum Gasteiger partial charge on any atom is 0.338 e. The van der Waals surface area contributed by atoms with Crippen LogP contribution in [0.2, 0.25) is 0 Å². The van der Waals surface area contributed by atoms with Gasteiger partial charge in [-0.05, 0) is 68.3 Å². The van der Waals surface area contributed by atoms with Crippen LogP contribution in [0.15, 0.2) is 77.8 Å². The predicted molar refractivity (Wildman–Crippen MR) is 144 cm³/mol. The summed E-state index contributed by atoms with van der Waals surface area (Å²) in [6.07, 6.45) is 0. The molecule has 0 spiro atoms. The number of hydrogen-bond acceptors (Lipinski definition) is 5. The van der Waals surface area contributed by atoms with E-state index in [1.54, 1.807) is 19.1 Å². The molecule has 1 heterocycles. The van der Waals surface area contributed by atoms with Crippen LogP contribution < -0.4 is 5.32 Å². The summed E-state index contributed by atoms with van der Waals surface area (Å²) in [6.45, 7) is 10.5. The van der Waals surface area contributed by atoms with Crippen molar-refractivity contribution in [3.05, 3.63) is 95.1 Å². The number of esters is 1. The van der Waals surface area contributed by atoms with Crippen molar-refractivity contribution in [3.8, 4) is 0 Å². The summed E-state index contributed by atoms with van der Waals surface area (Å²) in [6, 6.07) is 23.6. The SMILES string of the molecule is CCOC(=O)c1ccc2c(c1)NC(=O)C2C(=Nc1ccc(CN(CC)C(C)C)cc1)c1ccccc1. The normalized spacial score (nSPS) is 15.2. The quantitative estimate of drug-likeness (QED) is 0.302. The van der Waals surface area contributed by atoms with E-state index >= 15 is 0 Å². The molecule has 1 atom stereocenters. The fourth-order valence-electron chi connectivity index (χ4n) is 4.49. The van der Waals surface area contributed by atoms with E-state index in [-0.39, 0.29) is 5.91 Å². The van der Waals surface area contributed by atoms with Crippen LogP contribution in [0.5, 0.6) is 0 Å². The Balaban J connectivity index is 1.70. The summed E-state index contributed by atoms with van der Waals surface area (Å²) in [5, 5.41) is 2.94. The predicted octanol–water partition coefficient (Wildman–Crippen LogP) is 5.95. The second kappa shape index (κ2) is 11.3. The maximum absolute atomic E-state index is 13.2. The smallest absolute Gasteiger partial charge is 0.338 e. The fraction of sp³-hybridized carbons (Fsp3) is 0.300. The van der Waals surface area contributed by atoms with E-state index in [2.05, 4.69) is 43.1 Å². The van der Waals surface area contributed by atoms with E-state index in [4.69, 9.17) is 9.73 Å². The van der Waals surface area contributed by atoms with Gasteiger partial charge in [0.1, 0.15) is 5.92 Å². The number of aliphatic imine (C=N–C) groups is 1. The highest BCUT2D eigenvalue weighted by Gasteiger charge is 2.36. The molecule has 36 heavy (non-hydrogen) atoms. The third kappa shape index (κ3) is 5.55. The monoisotopic (exact) mass is 483 g/mol. The summed E-state index contributed by atoms with van der Waals surface area (Å²) in [7, 11) is 0. The first-order valence-corrected chi connectivity index (χ1v) is 12.5. The van der Waals surface area contributed by atoms with Gasteiger partial charge in [0.25, 0.3) is 0 Å². The Labute approximate surface area is 213 Å². The van der Waals surface area contributed by atoms with Gasteiger partial charge in [0, 0.05) is 18.3 Å². The molecular formula is C30H33N3O3. The van der Waals surface area contributed by atoms with Crippen LogP contribution in [-0.2, 0) is 16.1 Å². The Morgan fingerprint density at radius 3 is 2.36 bits per heavy atom. The third-order valence-corrected chi connectivity index (χ3v) is 6.45. The van der Waals surface area contributed by atoms with Gasteiger partial charge in [0.2, 0.25) is 5.91 Å². The Kier molecular flexibility index (Phi) is 7.96. The highest BCUT2D eigenvalue weighted by Crippen LogP contribution is 2.37. The van der Waals surface area contributed by atoms with Gasteiger partial charge in [0.15, 0.2) is 0 Å². The number of amides is 1. The standard InChI is InChI=1S/C30H33N3O3/c1-5-33(20(3)4)19-21-12-15-24(16-13-21)31-28(22-10-8-7-9-11-22)27-25-17-14-23(30(35)36-6-2)18-26(25)32-29(27)34/h7-18,20,27H,5-6,19H2,1-4H3,(H,32,34). The first-order chi connectivity index (χ1) is 17.4. The van der Waals surface area contributed by atoms with Crippen LogP contribution >= 0.6 is 0 Å². The second-order valence-corrected chi connectivity index (χ2v) is 9.13. The minimum absolute atomic E-state index is 0.166. The molecule has 1 unspecified atom stereocenters. The molecular weight excluding hydrogens is 450 g/mol. The summed E-state index contributed by atoms with van der Waals surface area (Å²) < 4.78 is 5.11. The number of carbonyl (C=O) groups excluding carboxylic acids is 2. The minimum atomic E-state index is -0.588. The summed E-state index contributed by atoms with van der Waals surface area (Å²) in [4.78, 5) is 32.8. The van der Waals surface area contributed by atoms with Gasteiger partial charge in [-0.3, -0.25) is 14.7 Å². The number of fused-ring (bicyclic) bond motifs is 1. The van der Waals surface area contributed by atoms with Gasteiger partial charge in [-0.1, -0.05) is 55.5 Å². The zero-order valence-corrected chi connectivity index (χ0v) is 21.3. The maximum atomic E-state index is 13.2. The van der Waals surface area contributed by atoms with Crippen molar-refractivity contribution in [3.63, 3.8) is 0 Å². The van der Waals surface area contributed by atoms with Crippen molar-refractivity contribution in [2.24, 2.45) is 4.99 Å². The lowest BCUT2D eigenvalue weighted by Crippen LogP contribution is -2.29. The number of carbonyl (C=O) groups is 2. The molecule has 0 saturated carbocycles. The molecule has 186 valence electrons. The molecule has 3 aromatic carbocycles. The minimum Gasteiger partial charge on any atom is -0.462 e. The molecule has 0 saturated heterocycles. The second-order valence-electron chi connectivity index (χ2n) is 9.13. The zero-order chi connectivity index (χ0) is 25.7. The molecule has 6 nitrogen and oxygen atoms in total. The number of nitrogens with one attached hydrogen (secondary N) is 1. The van der Waals surface area contributed by atoms with Gasteiger partial charge in [-0.25, -0.2) is 4.79 Å². The average molecular weight is 484 g/mol. The van der Waals surface area contributed by atoms with Crippen molar-refractivity contribution in [2.75, 3.05) is 18.5 Å². The average Bonchev–Trinajstić information content (AvgIpc) is 3.21. The van der Waals surface area contributed by atoms with E-state index in [0.29, 0.717) is 29.6 Å². The number of anilines is 1. The Morgan fingerprint density at radius 2 is 1.72 bits per heavy atom. The lowest BCUT2D eigenvalue weighted by Gasteiger charge is -2.24. The number of nitrogens with zero attached hydrogens (tertiary/aromatic N) is 2. The number of hydrogen-bond donors (Lipinski definition) is 1. The molecule has 1 amide bonds. The molecule has 0 aromatic heterocycles. The summed E-state index contributed by atoms with van der Waals surface area (Å²) in [5.74, 6) is -1.16. The van der Waals surface area contributed by atoms with Crippen molar-refractivity contribution in [2.45, 2.75) is 46.2 Å². The summed E-state index contributed by atoms with van der Waals surface area (Å²) >= 11 is 0. The van der Waals surface area contributed by atoms with Crippen LogP contribution in [0.3, 0.4) is 0 Å². The lowest BCUT2D eigenvalue weighted by atomic mass is 9.90. The molecule has 0 aliphatic carbocycles. The molecule has 1 N–H and O–H groups in total. The Bertz CT molecular complexity index is 1250. The number of benzene rings is 3. The Morgan fingerprint density at radius 1 is 1.00 bits per heavy atom. The van der Waals surface area contributed by atoms with Crippen LogP contribution in [0.4, 0.5) is 11.4 Å². The molecule has 1 aliphatic heterocycles. The van der Waals surface area contributed by atoms with E-state index in [0.717, 1.165) is 29.9 Å². The van der Waals surface area contributed by atoms with Gasteiger partial charge >= 0.3 is 5.97 Å². The largest absolute Gasteiger partial charge is 0.462 e. The van der Waals surface area contributed by atoms with Gasteiger partial charge in [0.05, 0.1) is 23.6 Å². The van der Waals surface area contributed by atoms with Gasteiger partial charge in [-0.2, -0.15) is 0 Å². The highest BCUT2D eigenvalue weighted by molar-refractivity contribution is 6.24. The van der Waals surface area contributed by atoms with Gasteiger partial charge in [-0.15, -0.1) is 0 Å². The van der Waals surface area contributed by atoms with Crippen molar-refractivity contribution < 1.29 is 14.3 Å². The van der Waals surface area contributed by atoms with Crippen molar-refractivity contribution in [1.29, 1.82) is 0 Å². The van der Waals surface area contributed by atoms with E-state index < -0.39 is 11.9 Å². The van der Waals surface area contributed by atoms with Crippen LogP contribution in [-0.4, -0.2) is 41.7 Å². The van der Waals surface area contributed by atoms with E-state index in [1.165, 1.54) is 5.56 Å². The molecule has 0 radical (unpaired) electrons. The van der Waals surface area contributed by atoms with Crippen LogP contribution in [0.25, 0.3) is 0 Å². The topological polar surface area (TPSA) is 71.0 Å². The zero-order valence-electron chi connectivity index (χ0n) is 21.3. The molecule has 0 fully saturated rings. The highest BCUT2D eigenvalue weighted by atomic mass is 16.5. The van der Waals surface area contributed by atoms with Gasteiger partial charge < -0.3 is 10.1 Å². The van der Waals surface area contributed by atoms with Crippen molar-refractivity contribution >= 4 is 29.0 Å². The number of rotatable bonds is 9. The fourth-order valence-corrected chi connectivity index (χ4v) is 4.49. The number of ether oxygens (including phenoxy) is 1. The molecule has 1 aliphatic rings. The van der Waals surface area contributed by atoms with E-state index in [1.807, 2.05) is 48.5 Å².